The van der Waals surface area contributed by atoms with Crippen LogP contribution in [0.4, 0.5) is 5.69 Å². The monoisotopic (exact) mass is 409 g/mol. The van der Waals surface area contributed by atoms with E-state index in [0.717, 1.165) is 50.5 Å². The minimum atomic E-state index is -0.0478. The molecule has 2 aliphatic heterocycles. The molecular formula is C24H31N3O3. The van der Waals surface area contributed by atoms with Gasteiger partial charge in [-0.05, 0) is 48.9 Å². The standard InChI is InChI=1S/C24H31N3O3/c1-26-17-24(10-12-27(18-24)13-15-29-2)21-16-19(8-9-22(21)26)23(28)25-11-14-30-20-6-4-3-5-7-20/h3-9,16H,10-15,17-18H2,1-2H3,(H,25,28). The van der Waals surface area contributed by atoms with Gasteiger partial charge in [0.1, 0.15) is 12.4 Å². The number of rotatable bonds is 8. The summed E-state index contributed by atoms with van der Waals surface area (Å²) in [6.45, 7) is 5.73. The molecule has 0 saturated carbocycles. The van der Waals surface area contributed by atoms with Gasteiger partial charge < -0.3 is 24.6 Å². The lowest BCUT2D eigenvalue weighted by Gasteiger charge is -2.25. The van der Waals surface area contributed by atoms with Crippen LogP contribution in [-0.2, 0) is 10.2 Å². The third-order valence-corrected chi connectivity index (χ3v) is 6.23. The first-order valence-corrected chi connectivity index (χ1v) is 10.6. The molecule has 1 unspecified atom stereocenters. The van der Waals surface area contributed by atoms with Crippen LogP contribution in [0.3, 0.4) is 0 Å². The average Bonchev–Trinajstić information content (AvgIpc) is 3.30. The summed E-state index contributed by atoms with van der Waals surface area (Å²) in [6.07, 6.45) is 1.12. The Morgan fingerprint density at radius 2 is 1.97 bits per heavy atom. The Hall–Kier alpha value is -2.57. The first-order valence-electron chi connectivity index (χ1n) is 10.6. The van der Waals surface area contributed by atoms with E-state index in [4.69, 9.17) is 9.47 Å². The fourth-order valence-corrected chi connectivity index (χ4v) is 4.73. The number of para-hydroxylation sites is 1. The highest BCUT2D eigenvalue weighted by atomic mass is 16.5. The number of likely N-dealkylation sites (tertiary alicyclic amines) is 1. The number of nitrogens with one attached hydrogen (secondary N) is 1. The van der Waals surface area contributed by atoms with Gasteiger partial charge in [0.15, 0.2) is 0 Å². The lowest BCUT2D eigenvalue weighted by atomic mass is 9.81. The molecule has 0 aliphatic carbocycles. The molecule has 0 aromatic heterocycles. The zero-order chi connectivity index (χ0) is 21.0. The maximum absolute atomic E-state index is 12.7. The summed E-state index contributed by atoms with van der Waals surface area (Å²) in [4.78, 5) is 17.5. The van der Waals surface area contributed by atoms with Gasteiger partial charge in [0.25, 0.3) is 5.91 Å². The lowest BCUT2D eigenvalue weighted by Crippen LogP contribution is -2.36. The molecule has 1 fully saturated rings. The molecule has 2 aromatic carbocycles. The number of methoxy groups -OCH3 is 1. The second-order valence-corrected chi connectivity index (χ2v) is 8.30. The van der Waals surface area contributed by atoms with Crippen molar-refractivity contribution in [2.45, 2.75) is 11.8 Å². The van der Waals surface area contributed by atoms with Gasteiger partial charge in [-0.1, -0.05) is 18.2 Å². The lowest BCUT2D eigenvalue weighted by molar-refractivity contribution is 0.0947. The predicted octanol–water partition coefficient (Wildman–Crippen LogP) is 2.54. The predicted molar refractivity (Wildman–Crippen MR) is 119 cm³/mol. The molecule has 160 valence electrons. The van der Waals surface area contributed by atoms with Crippen molar-refractivity contribution in [1.29, 1.82) is 0 Å². The molecule has 6 nitrogen and oxygen atoms in total. The maximum Gasteiger partial charge on any atom is 0.251 e. The van der Waals surface area contributed by atoms with E-state index in [9.17, 15) is 4.79 Å². The highest BCUT2D eigenvalue weighted by Crippen LogP contribution is 2.46. The highest BCUT2D eigenvalue weighted by Gasteiger charge is 2.46. The van der Waals surface area contributed by atoms with Crippen LogP contribution < -0.4 is 15.0 Å². The van der Waals surface area contributed by atoms with Crippen LogP contribution >= 0.6 is 0 Å². The van der Waals surface area contributed by atoms with Crippen molar-refractivity contribution in [2.24, 2.45) is 0 Å². The number of ether oxygens (including phenoxy) is 2. The van der Waals surface area contributed by atoms with Crippen molar-refractivity contribution in [3.8, 4) is 5.75 Å². The van der Waals surface area contributed by atoms with Gasteiger partial charge in [0, 0.05) is 50.5 Å². The van der Waals surface area contributed by atoms with E-state index in [1.54, 1.807) is 7.11 Å². The van der Waals surface area contributed by atoms with E-state index >= 15 is 0 Å². The normalized spacial score (nSPS) is 20.5. The molecular weight excluding hydrogens is 378 g/mol. The zero-order valence-electron chi connectivity index (χ0n) is 17.9. The Balaban J connectivity index is 1.39. The summed E-state index contributed by atoms with van der Waals surface area (Å²) in [6, 6.07) is 15.8. The number of carbonyl (C=O) groups is 1. The number of hydrogen-bond acceptors (Lipinski definition) is 5. The van der Waals surface area contributed by atoms with Crippen molar-refractivity contribution in [3.05, 3.63) is 59.7 Å². The summed E-state index contributed by atoms with van der Waals surface area (Å²) < 4.78 is 10.9. The molecule has 2 aromatic rings. The fourth-order valence-electron chi connectivity index (χ4n) is 4.73. The summed E-state index contributed by atoms with van der Waals surface area (Å²) >= 11 is 0. The van der Waals surface area contributed by atoms with Gasteiger partial charge in [-0.2, -0.15) is 0 Å². The third kappa shape index (κ3) is 4.30. The molecule has 1 saturated heterocycles. The molecule has 30 heavy (non-hydrogen) atoms. The molecule has 1 atom stereocenters. The van der Waals surface area contributed by atoms with Crippen LogP contribution in [0.25, 0.3) is 0 Å². The Morgan fingerprint density at radius 3 is 2.77 bits per heavy atom. The van der Waals surface area contributed by atoms with Crippen molar-refractivity contribution in [2.75, 3.05) is 65.0 Å². The quantitative estimate of drug-likeness (QED) is 0.679. The molecule has 1 amide bonds. The topological polar surface area (TPSA) is 54.0 Å². The Kier molecular flexibility index (Phi) is 6.25. The van der Waals surface area contributed by atoms with Crippen molar-refractivity contribution >= 4 is 11.6 Å². The van der Waals surface area contributed by atoms with E-state index in [2.05, 4.69) is 34.3 Å². The van der Waals surface area contributed by atoms with Crippen LogP contribution in [-0.4, -0.2) is 70.9 Å². The van der Waals surface area contributed by atoms with Gasteiger partial charge in [0.05, 0.1) is 13.2 Å². The summed E-state index contributed by atoms with van der Waals surface area (Å²) in [7, 11) is 3.90. The average molecular weight is 410 g/mol. The number of anilines is 1. The van der Waals surface area contributed by atoms with E-state index in [0.29, 0.717) is 13.2 Å². The number of nitrogens with zero attached hydrogens (tertiary/aromatic N) is 2. The minimum absolute atomic E-state index is 0.0478. The largest absolute Gasteiger partial charge is 0.492 e. The van der Waals surface area contributed by atoms with Crippen LogP contribution in [0.15, 0.2) is 48.5 Å². The molecule has 6 heteroatoms. The SMILES string of the molecule is COCCN1CCC2(C1)CN(C)c1ccc(C(=O)NCCOc3ccccc3)cc12. The van der Waals surface area contributed by atoms with Crippen LogP contribution in [0.2, 0.25) is 0 Å². The summed E-state index contributed by atoms with van der Waals surface area (Å²) in [5.74, 6) is 0.766. The van der Waals surface area contributed by atoms with Crippen LogP contribution in [0, 0.1) is 0 Å². The summed E-state index contributed by atoms with van der Waals surface area (Å²) in [5, 5.41) is 2.98. The molecule has 0 radical (unpaired) electrons. The van der Waals surface area contributed by atoms with E-state index in [1.165, 1.54) is 11.3 Å². The molecule has 4 rings (SSSR count). The molecule has 1 N–H and O–H groups in total. The van der Waals surface area contributed by atoms with Gasteiger partial charge in [-0.25, -0.2) is 0 Å². The van der Waals surface area contributed by atoms with E-state index < -0.39 is 0 Å². The highest BCUT2D eigenvalue weighted by molar-refractivity contribution is 5.95. The second kappa shape index (κ2) is 9.06. The number of amides is 1. The Bertz CT molecular complexity index is 873. The minimum Gasteiger partial charge on any atom is -0.492 e. The number of benzene rings is 2. The van der Waals surface area contributed by atoms with Gasteiger partial charge in [-0.15, -0.1) is 0 Å². The van der Waals surface area contributed by atoms with Crippen LogP contribution in [0.5, 0.6) is 5.75 Å². The first kappa shape index (κ1) is 20.7. The molecule has 0 bridgehead atoms. The number of likely N-dealkylation sites (N-methyl/N-ethyl adjacent to an activating group) is 1. The molecule has 2 aliphatic rings. The third-order valence-electron chi connectivity index (χ3n) is 6.23. The molecule has 1 spiro atoms. The second-order valence-electron chi connectivity index (χ2n) is 8.30. The smallest absolute Gasteiger partial charge is 0.251 e. The first-order chi connectivity index (χ1) is 14.6. The van der Waals surface area contributed by atoms with Gasteiger partial charge >= 0.3 is 0 Å². The zero-order valence-corrected chi connectivity index (χ0v) is 17.9. The fraction of sp³-hybridized carbons (Fsp3) is 0.458. The van der Waals surface area contributed by atoms with Crippen molar-refractivity contribution in [1.82, 2.24) is 10.2 Å². The van der Waals surface area contributed by atoms with Gasteiger partial charge in [-0.3, -0.25) is 4.79 Å². The maximum atomic E-state index is 12.7. The number of hydrogen-bond donors (Lipinski definition) is 1. The van der Waals surface area contributed by atoms with E-state index in [1.807, 2.05) is 36.4 Å². The number of fused-ring (bicyclic) bond motifs is 2. The van der Waals surface area contributed by atoms with Crippen molar-refractivity contribution in [3.63, 3.8) is 0 Å². The Morgan fingerprint density at radius 1 is 1.13 bits per heavy atom. The van der Waals surface area contributed by atoms with Gasteiger partial charge in [0.2, 0.25) is 0 Å². The van der Waals surface area contributed by atoms with E-state index in [-0.39, 0.29) is 11.3 Å². The number of carbonyl (C=O) groups excluding carboxylic acids is 1. The summed E-state index contributed by atoms with van der Waals surface area (Å²) in [5.41, 5.74) is 3.37. The van der Waals surface area contributed by atoms with Crippen molar-refractivity contribution < 1.29 is 14.3 Å². The molecule has 2 heterocycles. The van der Waals surface area contributed by atoms with Crippen LogP contribution in [0.1, 0.15) is 22.3 Å². The Labute approximate surface area is 178 Å².